The van der Waals surface area contributed by atoms with Gasteiger partial charge in [0.15, 0.2) is 5.82 Å². The smallest absolute Gasteiger partial charge is 0.159 e. The average molecular weight is 598 g/mol. The van der Waals surface area contributed by atoms with Gasteiger partial charge in [0.1, 0.15) is 17.2 Å². The summed E-state index contributed by atoms with van der Waals surface area (Å²) in [6.07, 6.45) is 17.0. The highest BCUT2D eigenvalue weighted by molar-refractivity contribution is 5.73. The second-order valence-electron chi connectivity index (χ2n) is 11.6. The number of allylic oxidation sites excluding steroid dienone is 8. The number of aromatic amines is 2. The van der Waals surface area contributed by atoms with Crippen LogP contribution in [-0.4, -0.2) is 63.2 Å². The van der Waals surface area contributed by atoms with Crippen molar-refractivity contribution in [3.8, 4) is 11.5 Å². The molecule has 0 atom stereocenters. The summed E-state index contributed by atoms with van der Waals surface area (Å²) in [5.41, 5.74) is 5.68. The van der Waals surface area contributed by atoms with Crippen LogP contribution >= 0.6 is 0 Å². The Bertz CT molecular complexity index is 1600. The lowest BCUT2D eigenvalue weighted by Crippen LogP contribution is -2.43. The molecule has 1 aliphatic carbocycles. The molecule has 0 amide bonds. The van der Waals surface area contributed by atoms with Crippen LogP contribution in [0.3, 0.4) is 0 Å². The Labute approximate surface area is 261 Å². The van der Waals surface area contributed by atoms with Gasteiger partial charge >= 0.3 is 0 Å². The first kappa shape index (κ1) is 32.7. The van der Waals surface area contributed by atoms with E-state index < -0.39 is 5.83 Å². The molecule has 7 nitrogen and oxygen atoms in total. The molecule has 0 aromatic carbocycles. The number of imidazole rings is 1. The minimum absolute atomic E-state index is 0.246. The lowest BCUT2D eigenvalue weighted by molar-refractivity contribution is 0.207. The quantitative estimate of drug-likeness (QED) is 0.277. The van der Waals surface area contributed by atoms with Crippen LogP contribution in [0.15, 0.2) is 79.2 Å². The first-order chi connectivity index (χ1) is 21.2. The van der Waals surface area contributed by atoms with E-state index in [9.17, 15) is 0 Å². The summed E-state index contributed by atoms with van der Waals surface area (Å²) in [5, 5.41) is 11.8. The Morgan fingerprint density at radius 3 is 2.39 bits per heavy atom. The zero-order valence-corrected chi connectivity index (χ0v) is 26.9. The summed E-state index contributed by atoms with van der Waals surface area (Å²) >= 11 is 0. The maximum Gasteiger partial charge on any atom is 0.159 e. The van der Waals surface area contributed by atoms with Crippen molar-refractivity contribution in [3.05, 3.63) is 101 Å². The molecule has 2 fully saturated rings. The maximum atomic E-state index is 16.5. The van der Waals surface area contributed by atoms with Crippen molar-refractivity contribution in [2.75, 3.05) is 33.2 Å². The van der Waals surface area contributed by atoms with Gasteiger partial charge < -0.3 is 20.1 Å². The summed E-state index contributed by atoms with van der Waals surface area (Å²) in [6, 6.07) is 0. The van der Waals surface area contributed by atoms with E-state index >= 15 is 4.39 Å². The van der Waals surface area contributed by atoms with E-state index in [1.807, 2.05) is 39.0 Å². The third-order valence-corrected chi connectivity index (χ3v) is 8.63. The SMILES string of the molecule is C=C/C=C(\c1nc(-c2n[nH]c(=C/C)/c2=C(/F)C(=C)C(/C=C(\C=C)NC(=C)C2CCCCC2)=C/C)[nH]c1C)N1CCN(C)CC1. The van der Waals surface area contributed by atoms with Gasteiger partial charge in [-0.15, -0.1) is 0 Å². The number of likely N-dealkylation sites (N-methyl/N-ethyl adjacent to an activating group) is 1. The lowest BCUT2D eigenvalue weighted by atomic mass is 9.87. The van der Waals surface area contributed by atoms with Gasteiger partial charge in [0.25, 0.3) is 0 Å². The van der Waals surface area contributed by atoms with Gasteiger partial charge in [-0.2, -0.15) is 5.10 Å². The number of nitrogens with one attached hydrogen (secondary N) is 3. The molecule has 3 N–H and O–H groups in total. The van der Waals surface area contributed by atoms with Crippen molar-refractivity contribution in [3.63, 3.8) is 0 Å². The van der Waals surface area contributed by atoms with Crippen LogP contribution in [0, 0.1) is 12.8 Å². The Morgan fingerprint density at radius 1 is 1.07 bits per heavy atom. The van der Waals surface area contributed by atoms with Crippen molar-refractivity contribution in [2.24, 2.45) is 5.92 Å². The van der Waals surface area contributed by atoms with Gasteiger partial charge in [0.2, 0.25) is 0 Å². The van der Waals surface area contributed by atoms with Crippen LogP contribution in [0.5, 0.6) is 0 Å². The van der Waals surface area contributed by atoms with Gasteiger partial charge in [-0.3, -0.25) is 5.10 Å². The van der Waals surface area contributed by atoms with Crippen LogP contribution in [-0.2, 0) is 0 Å². The third kappa shape index (κ3) is 7.30. The highest BCUT2D eigenvalue weighted by Gasteiger charge is 2.23. The number of H-pyrrole nitrogens is 2. The summed E-state index contributed by atoms with van der Waals surface area (Å²) in [4.78, 5) is 13.0. The summed E-state index contributed by atoms with van der Waals surface area (Å²) in [7, 11) is 2.13. The predicted molar refractivity (Wildman–Crippen MR) is 182 cm³/mol. The van der Waals surface area contributed by atoms with Crippen molar-refractivity contribution >= 4 is 17.6 Å². The molecule has 0 spiro atoms. The number of halogens is 1. The van der Waals surface area contributed by atoms with Crippen LogP contribution in [0.25, 0.3) is 29.1 Å². The number of hydrogen-bond donors (Lipinski definition) is 3. The number of aryl methyl sites for hydroxylation is 1. The van der Waals surface area contributed by atoms with E-state index in [0.717, 1.165) is 67.5 Å². The topological polar surface area (TPSA) is 75.9 Å². The van der Waals surface area contributed by atoms with E-state index in [0.29, 0.717) is 33.6 Å². The van der Waals surface area contributed by atoms with E-state index in [-0.39, 0.29) is 5.57 Å². The van der Waals surface area contributed by atoms with Crippen molar-refractivity contribution in [1.29, 1.82) is 0 Å². The second kappa shape index (κ2) is 15.0. The van der Waals surface area contributed by atoms with Gasteiger partial charge in [-0.1, -0.05) is 63.8 Å². The van der Waals surface area contributed by atoms with E-state index in [2.05, 4.69) is 63.7 Å². The highest BCUT2D eigenvalue weighted by atomic mass is 19.1. The predicted octanol–water partition coefficient (Wildman–Crippen LogP) is 6.02. The van der Waals surface area contributed by atoms with Gasteiger partial charge in [0, 0.05) is 48.8 Å². The standard InChI is InChI=1S/C36H48FN7/c1-9-16-31(44-21-19-43(8)20-22-44)34-26(7)39-36(40-34)35-32(30(12-4)41-42-35)33(37)24(5)27(10-2)23-29(11-3)38-25(6)28-17-14-13-15-18-28/h9-12,16,23,28,38,41H,1,3,5-6,13-15,17-22H2,2,4,7-8H3,(H,39,40)/b27-10+,29-23+,30-12+,31-16+,33-32-. The molecule has 1 saturated heterocycles. The molecule has 44 heavy (non-hydrogen) atoms. The Balaban J connectivity index is 1.70. The van der Waals surface area contributed by atoms with Crippen LogP contribution in [0.4, 0.5) is 4.39 Å². The Kier molecular flexibility index (Phi) is 11.2. The number of piperazine rings is 1. The van der Waals surface area contributed by atoms with Crippen molar-refractivity contribution in [1.82, 2.24) is 35.3 Å². The number of rotatable bonds is 11. The fourth-order valence-electron chi connectivity index (χ4n) is 5.95. The van der Waals surface area contributed by atoms with Crippen LogP contribution in [0.2, 0.25) is 0 Å². The number of hydrogen-bond acceptors (Lipinski definition) is 5. The zero-order valence-electron chi connectivity index (χ0n) is 26.9. The molecule has 2 aromatic heterocycles. The van der Waals surface area contributed by atoms with E-state index in [4.69, 9.17) is 4.98 Å². The monoisotopic (exact) mass is 597 g/mol. The number of nitrogens with zero attached hydrogens (tertiary/aromatic N) is 4. The van der Waals surface area contributed by atoms with Crippen LogP contribution in [0.1, 0.15) is 57.3 Å². The molecule has 0 bridgehead atoms. The average Bonchev–Trinajstić information content (AvgIpc) is 3.65. The summed E-state index contributed by atoms with van der Waals surface area (Å²) in [5.74, 6) is 0.444. The first-order valence-corrected chi connectivity index (χ1v) is 15.6. The summed E-state index contributed by atoms with van der Waals surface area (Å²) in [6.45, 7) is 25.8. The third-order valence-electron chi connectivity index (χ3n) is 8.63. The molecule has 2 aromatic rings. The van der Waals surface area contributed by atoms with Gasteiger partial charge in [0.05, 0.1) is 16.3 Å². The molecule has 0 radical (unpaired) electrons. The molecule has 1 aliphatic heterocycles. The highest BCUT2D eigenvalue weighted by Crippen LogP contribution is 2.29. The fourth-order valence-corrected chi connectivity index (χ4v) is 5.95. The van der Waals surface area contributed by atoms with E-state index in [1.165, 1.54) is 19.3 Å². The molecule has 234 valence electrons. The number of aromatic nitrogens is 4. The van der Waals surface area contributed by atoms with E-state index in [1.54, 1.807) is 18.2 Å². The molecule has 1 saturated carbocycles. The summed E-state index contributed by atoms with van der Waals surface area (Å²) < 4.78 is 16.5. The second-order valence-corrected chi connectivity index (χ2v) is 11.6. The maximum absolute atomic E-state index is 16.5. The molecule has 8 heteroatoms. The molecule has 2 aliphatic rings. The van der Waals surface area contributed by atoms with Crippen LogP contribution < -0.4 is 15.9 Å². The minimum atomic E-state index is -0.475. The molecule has 3 heterocycles. The fraction of sp³-hybridized carbons (Fsp3) is 0.389. The Hall–Kier alpha value is -4.17. The first-order valence-electron chi connectivity index (χ1n) is 15.6. The zero-order chi connectivity index (χ0) is 31.8. The molecular formula is C36H48FN7. The van der Waals surface area contributed by atoms with Crippen molar-refractivity contribution < 1.29 is 4.39 Å². The van der Waals surface area contributed by atoms with Gasteiger partial charge in [-0.25, -0.2) is 9.37 Å². The molecular weight excluding hydrogens is 549 g/mol. The minimum Gasteiger partial charge on any atom is -0.367 e. The molecule has 4 rings (SSSR count). The van der Waals surface area contributed by atoms with Crippen molar-refractivity contribution in [2.45, 2.75) is 52.9 Å². The largest absolute Gasteiger partial charge is 0.367 e. The lowest BCUT2D eigenvalue weighted by Gasteiger charge is -2.35. The normalized spacial score (nSPS) is 18.8. The van der Waals surface area contributed by atoms with Gasteiger partial charge in [-0.05, 0) is 70.4 Å². The Morgan fingerprint density at radius 2 is 1.77 bits per heavy atom. The molecule has 0 unspecified atom stereocenters.